The molecule has 20 heavy (non-hydrogen) atoms. The molecule has 3 aromatic rings. The minimum atomic E-state index is -0.377. The van der Waals surface area contributed by atoms with Gasteiger partial charge in [-0.3, -0.25) is 10.1 Å². The molecule has 0 aliphatic rings. The number of anilines is 2. The van der Waals surface area contributed by atoms with Crippen molar-refractivity contribution in [2.24, 2.45) is 0 Å². The molecule has 5 nitrogen and oxygen atoms in total. The van der Waals surface area contributed by atoms with Crippen LogP contribution in [-0.2, 0) is 0 Å². The van der Waals surface area contributed by atoms with Crippen molar-refractivity contribution in [3.63, 3.8) is 0 Å². The van der Waals surface area contributed by atoms with Gasteiger partial charge in [0.15, 0.2) is 0 Å². The molecule has 100 valence electrons. The van der Waals surface area contributed by atoms with Crippen molar-refractivity contribution in [2.75, 3.05) is 11.1 Å². The van der Waals surface area contributed by atoms with Crippen molar-refractivity contribution in [3.05, 3.63) is 47.8 Å². The van der Waals surface area contributed by atoms with E-state index < -0.39 is 0 Å². The first-order valence-electron chi connectivity index (χ1n) is 5.73. The number of amides is 1. The summed E-state index contributed by atoms with van der Waals surface area (Å²) in [7, 11) is 0. The van der Waals surface area contributed by atoms with E-state index >= 15 is 0 Å². The van der Waals surface area contributed by atoms with E-state index in [0.717, 1.165) is 11.3 Å². The fourth-order valence-corrected chi connectivity index (χ4v) is 2.41. The normalized spacial score (nSPS) is 10.7. The van der Waals surface area contributed by atoms with Gasteiger partial charge in [-0.15, -0.1) is 10.2 Å². The summed E-state index contributed by atoms with van der Waals surface area (Å²) in [4.78, 5) is 12.2. The van der Waals surface area contributed by atoms with Crippen molar-refractivity contribution in [1.82, 2.24) is 10.2 Å². The molecule has 3 N–H and O–H groups in total. The number of carbonyl (C=O) groups is 1. The third kappa shape index (κ3) is 2.19. The first-order chi connectivity index (χ1) is 9.65. The fraction of sp³-hybridized carbons (Fsp3) is 0. The van der Waals surface area contributed by atoms with Gasteiger partial charge in [-0.2, -0.15) is 0 Å². The molecule has 0 bridgehead atoms. The maximum absolute atomic E-state index is 13.7. The number of nitrogen functional groups attached to an aromatic ring is 1. The monoisotopic (exact) mass is 288 g/mol. The van der Waals surface area contributed by atoms with Crippen LogP contribution in [0.15, 0.2) is 36.4 Å². The SMILES string of the molecule is Nc1nnc(NC(=O)c2ccc(F)c3ccccc23)s1. The van der Waals surface area contributed by atoms with Crippen LogP contribution in [0, 0.1) is 5.82 Å². The Balaban J connectivity index is 2.01. The number of fused-ring (bicyclic) bond motifs is 1. The van der Waals surface area contributed by atoms with Crippen LogP contribution in [0.3, 0.4) is 0 Å². The zero-order chi connectivity index (χ0) is 14.1. The average molecular weight is 288 g/mol. The van der Waals surface area contributed by atoms with Crippen LogP contribution >= 0.6 is 11.3 Å². The van der Waals surface area contributed by atoms with Crippen LogP contribution in [0.25, 0.3) is 10.8 Å². The summed E-state index contributed by atoms with van der Waals surface area (Å²) in [5.74, 6) is -0.741. The molecule has 2 aromatic carbocycles. The number of hydrogen-bond acceptors (Lipinski definition) is 5. The van der Waals surface area contributed by atoms with E-state index in [1.165, 1.54) is 12.1 Å². The Labute approximate surface area is 117 Å². The number of halogens is 1. The highest BCUT2D eigenvalue weighted by atomic mass is 32.1. The lowest BCUT2D eigenvalue weighted by Gasteiger charge is -2.06. The lowest BCUT2D eigenvalue weighted by molar-refractivity contribution is 0.102. The second-order valence-electron chi connectivity index (χ2n) is 4.04. The van der Waals surface area contributed by atoms with E-state index in [4.69, 9.17) is 5.73 Å². The number of aromatic nitrogens is 2. The van der Waals surface area contributed by atoms with E-state index in [1.54, 1.807) is 24.3 Å². The summed E-state index contributed by atoms with van der Waals surface area (Å²) < 4.78 is 13.7. The van der Waals surface area contributed by atoms with Crippen molar-refractivity contribution in [3.8, 4) is 0 Å². The molecule has 1 amide bonds. The predicted octanol–water partition coefficient (Wildman–Crippen LogP) is 2.66. The zero-order valence-corrected chi connectivity index (χ0v) is 10.9. The Bertz CT molecular complexity index is 802. The van der Waals surface area contributed by atoms with Gasteiger partial charge >= 0.3 is 0 Å². The second-order valence-corrected chi connectivity index (χ2v) is 5.05. The molecule has 0 aliphatic heterocycles. The topological polar surface area (TPSA) is 80.9 Å². The second kappa shape index (κ2) is 4.86. The highest BCUT2D eigenvalue weighted by molar-refractivity contribution is 7.19. The Morgan fingerprint density at radius 2 is 1.90 bits per heavy atom. The standard InChI is InChI=1S/C13H9FN4OS/c14-10-6-5-9(7-3-1-2-4-8(7)10)11(19)16-13-18-17-12(15)20-13/h1-6H,(H2,15,17)(H,16,18,19). The third-order valence-corrected chi connectivity index (χ3v) is 3.44. The predicted molar refractivity (Wildman–Crippen MR) is 76.2 cm³/mol. The van der Waals surface area contributed by atoms with Crippen LogP contribution in [0.5, 0.6) is 0 Å². The molecule has 7 heteroatoms. The molecular formula is C13H9FN4OS. The highest BCUT2D eigenvalue weighted by Gasteiger charge is 2.14. The molecule has 0 fully saturated rings. The van der Waals surface area contributed by atoms with Crippen molar-refractivity contribution in [1.29, 1.82) is 0 Å². The number of nitrogens with one attached hydrogen (secondary N) is 1. The molecule has 3 rings (SSSR count). The summed E-state index contributed by atoms with van der Waals surface area (Å²) in [6.07, 6.45) is 0. The van der Waals surface area contributed by atoms with Crippen LogP contribution < -0.4 is 11.1 Å². The average Bonchev–Trinajstić information content (AvgIpc) is 2.84. The summed E-state index contributed by atoms with van der Waals surface area (Å²) >= 11 is 1.07. The first kappa shape index (κ1) is 12.5. The van der Waals surface area contributed by atoms with Crippen molar-refractivity contribution < 1.29 is 9.18 Å². The van der Waals surface area contributed by atoms with E-state index in [1.807, 2.05) is 0 Å². The summed E-state index contributed by atoms with van der Waals surface area (Å²) in [5.41, 5.74) is 5.82. The lowest BCUT2D eigenvalue weighted by atomic mass is 10.0. The smallest absolute Gasteiger partial charge is 0.258 e. The number of nitrogens with zero attached hydrogens (tertiary/aromatic N) is 2. The molecule has 0 aliphatic carbocycles. The van der Waals surface area contributed by atoms with Gasteiger partial charge in [-0.05, 0) is 17.5 Å². The van der Waals surface area contributed by atoms with Gasteiger partial charge in [-0.1, -0.05) is 35.6 Å². The molecule has 0 saturated carbocycles. The van der Waals surface area contributed by atoms with Gasteiger partial charge in [0.05, 0.1) is 0 Å². The van der Waals surface area contributed by atoms with Crippen molar-refractivity contribution >= 4 is 38.3 Å². The van der Waals surface area contributed by atoms with Gasteiger partial charge in [0.2, 0.25) is 10.3 Å². The molecule has 0 atom stereocenters. The first-order valence-corrected chi connectivity index (χ1v) is 6.54. The Hall–Kier alpha value is -2.54. The molecule has 1 heterocycles. The Kier molecular flexibility index (Phi) is 3.03. The lowest BCUT2D eigenvalue weighted by Crippen LogP contribution is -2.12. The van der Waals surface area contributed by atoms with E-state index in [-0.39, 0.29) is 16.9 Å². The summed E-state index contributed by atoms with van der Waals surface area (Å²) in [6.45, 7) is 0. The molecule has 0 saturated heterocycles. The molecule has 0 radical (unpaired) electrons. The zero-order valence-electron chi connectivity index (χ0n) is 10.1. The Morgan fingerprint density at radius 3 is 2.60 bits per heavy atom. The van der Waals surface area contributed by atoms with E-state index in [0.29, 0.717) is 21.5 Å². The summed E-state index contributed by atoms with van der Waals surface area (Å²) in [5, 5.41) is 11.4. The number of nitrogens with two attached hydrogens (primary N) is 1. The summed E-state index contributed by atoms with van der Waals surface area (Å²) in [6, 6.07) is 9.51. The molecule has 0 spiro atoms. The fourth-order valence-electron chi connectivity index (χ4n) is 1.91. The van der Waals surface area contributed by atoms with Gasteiger partial charge in [-0.25, -0.2) is 4.39 Å². The van der Waals surface area contributed by atoms with E-state index in [9.17, 15) is 9.18 Å². The van der Waals surface area contributed by atoms with Crippen LogP contribution in [0.2, 0.25) is 0 Å². The van der Waals surface area contributed by atoms with Gasteiger partial charge in [0.25, 0.3) is 5.91 Å². The van der Waals surface area contributed by atoms with Crippen LogP contribution in [0.1, 0.15) is 10.4 Å². The van der Waals surface area contributed by atoms with E-state index in [2.05, 4.69) is 15.5 Å². The van der Waals surface area contributed by atoms with Crippen LogP contribution in [0.4, 0.5) is 14.7 Å². The Morgan fingerprint density at radius 1 is 1.15 bits per heavy atom. The molecular weight excluding hydrogens is 279 g/mol. The highest BCUT2D eigenvalue weighted by Crippen LogP contribution is 2.23. The number of benzene rings is 2. The molecule has 1 aromatic heterocycles. The van der Waals surface area contributed by atoms with Gasteiger partial charge in [0.1, 0.15) is 5.82 Å². The number of rotatable bonds is 2. The maximum Gasteiger partial charge on any atom is 0.258 e. The minimum Gasteiger partial charge on any atom is -0.374 e. The third-order valence-electron chi connectivity index (χ3n) is 2.78. The van der Waals surface area contributed by atoms with Crippen molar-refractivity contribution in [2.45, 2.75) is 0 Å². The number of carbonyl (C=O) groups excluding carboxylic acids is 1. The molecule has 0 unspecified atom stereocenters. The largest absolute Gasteiger partial charge is 0.374 e. The minimum absolute atomic E-state index is 0.268. The quantitative estimate of drug-likeness (QED) is 0.759. The van der Waals surface area contributed by atoms with Gasteiger partial charge < -0.3 is 5.73 Å². The number of hydrogen-bond donors (Lipinski definition) is 2. The maximum atomic E-state index is 13.7. The van der Waals surface area contributed by atoms with Gasteiger partial charge in [0, 0.05) is 10.9 Å². The van der Waals surface area contributed by atoms with Crippen LogP contribution in [-0.4, -0.2) is 16.1 Å².